The zero-order chi connectivity index (χ0) is 15.6. The molecule has 0 saturated heterocycles. The molecule has 120 valence electrons. The third-order valence-electron chi connectivity index (χ3n) is 3.56. The lowest BCUT2D eigenvalue weighted by atomic mass is 9.90. The highest BCUT2D eigenvalue weighted by molar-refractivity contribution is 7.99. The number of hydrogen-bond acceptors (Lipinski definition) is 6. The summed E-state index contributed by atoms with van der Waals surface area (Å²) in [5.41, 5.74) is 1.13. The number of ether oxygens (including phenoxy) is 1. The molecule has 1 aliphatic heterocycles. The van der Waals surface area contributed by atoms with Crippen LogP contribution in [0.2, 0.25) is 0 Å². The van der Waals surface area contributed by atoms with E-state index in [1.54, 1.807) is 25.1 Å². The summed E-state index contributed by atoms with van der Waals surface area (Å²) in [6.07, 6.45) is 0.969. The first-order chi connectivity index (χ1) is 9.82. The number of thiophene rings is 1. The Balaban J connectivity index is 2.23. The van der Waals surface area contributed by atoms with E-state index in [9.17, 15) is 8.42 Å². The van der Waals surface area contributed by atoms with Gasteiger partial charge in [-0.1, -0.05) is 13.8 Å². The van der Waals surface area contributed by atoms with Crippen molar-refractivity contribution in [1.82, 2.24) is 4.31 Å². The molecule has 21 heavy (non-hydrogen) atoms. The molecule has 0 amide bonds. The van der Waals surface area contributed by atoms with Crippen molar-refractivity contribution in [1.29, 1.82) is 0 Å². The summed E-state index contributed by atoms with van der Waals surface area (Å²) in [5, 5.41) is 5.27. The minimum atomic E-state index is -3.62. The Morgan fingerprint density at radius 1 is 1.52 bits per heavy atom. The van der Waals surface area contributed by atoms with E-state index in [2.05, 4.69) is 18.2 Å². The predicted octanol–water partition coefficient (Wildman–Crippen LogP) is 2.49. The minimum absolute atomic E-state index is 0.268. The summed E-state index contributed by atoms with van der Waals surface area (Å²) in [5.74, 6) is 0.799. The van der Waals surface area contributed by atoms with Gasteiger partial charge in [-0.3, -0.25) is 0 Å². The maximum Gasteiger partial charge on any atom is 0.247 e. The highest BCUT2D eigenvalue weighted by atomic mass is 32.3. The smallest absolute Gasteiger partial charge is 0.247 e. The van der Waals surface area contributed by atoms with E-state index in [1.807, 2.05) is 0 Å². The number of nitrogens with two attached hydrogens (primary N) is 1. The first-order valence-corrected chi connectivity index (χ1v) is 10.0. The van der Waals surface area contributed by atoms with Crippen molar-refractivity contribution >= 4 is 33.3 Å². The molecular formula is C13H22N2O3S3. The number of methoxy groups -OCH3 is 1. The van der Waals surface area contributed by atoms with E-state index >= 15 is 0 Å². The lowest BCUT2D eigenvalue weighted by Crippen LogP contribution is -2.30. The SMILES string of the molecule is COCCCN1CC(C(C)C)c2cc(S(N)(=O)=O)sc2S1. The molecule has 1 unspecified atom stereocenters. The number of primary sulfonamides is 1. The predicted molar refractivity (Wildman–Crippen MR) is 87.2 cm³/mol. The highest BCUT2D eigenvalue weighted by Crippen LogP contribution is 2.46. The monoisotopic (exact) mass is 350 g/mol. The molecule has 1 atom stereocenters. The van der Waals surface area contributed by atoms with Gasteiger partial charge >= 0.3 is 0 Å². The number of hydrogen-bond donors (Lipinski definition) is 1. The normalized spacial score (nSPS) is 20.0. The fourth-order valence-corrected chi connectivity index (χ4v) is 6.00. The van der Waals surface area contributed by atoms with Crippen LogP contribution in [0.5, 0.6) is 0 Å². The maximum atomic E-state index is 11.6. The number of rotatable bonds is 6. The van der Waals surface area contributed by atoms with E-state index in [4.69, 9.17) is 9.88 Å². The summed E-state index contributed by atoms with van der Waals surface area (Å²) in [6.45, 7) is 6.95. The second-order valence-electron chi connectivity index (χ2n) is 5.53. The third-order valence-corrected chi connectivity index (χ3v) is 7.39. The first kappa shape index (κ1) is 17.2. The fraction of sp³-hybridized carbons (Fsp3) is 0.692. The van der Waals surface area contributed by atoms with E-state index in [-0.39, 0.29) is 4.21 Å². The van der Waals surface area contributed by atoms with Crippen LogP contribution >= 0.6 is 23.3 Å². The maximum absolute atomic E-state index is 11.6. The van der Waals surface area contributed by atoms with Crippen LogP contribution in [-0.4, -0.2) is 39.5 Å². The molecule has 0 saturated carbocycles. The van der Waals surface area contributed by atoms with Gasteiger partial charge in [0.05, 0.1) is 4.21 Å². The molecule has 0 aliphatic carbocycles. The van der Waals surface area contributed by atoms with Crippen LogP contribution in [0.15, 0.2) is 14.5 Å². The second kappa shape index (κ2) is 6.97. The molecule has 1 aromatic rings. The lowest BCUT2D eigenvalue weighted by Gasteiger charge is -2.33. The molecule has 2 rings (SSSR count). The van der Waals surface area contributed by atoms with Crippen LogP contribution in [0, 0.1) is 5.92 Å². The van der Waals surface area contributed by atoms with Crippen LogP contribution in [0.25, 0.3) is 0 Å². The average molecular weight is 351 g/mol. The van der Waals surface area contributed by atoms with Gasteiger partial charge in [0.1, 0.15) is 4.21 Å². The molecule has 0 bridgehead atoms. The number of fused-ring (bicyclic) bond motifs is 1. The summed E-state index contributed by atoms with van der Waals surface area (Å²) >= 11 is 2.93. The number of nitrogens with zero attached hydrogens (tertiary/aromatic N) is 1. The van der Waals surface area contributed by atoms with Crippen LogP contribution in [-0.2, 0) is 14.8 Å². The summed E-state index contributed by atoms with van der Waals surface area (Å²) in [6, 6.07) is 1.76. The van der Waals surface area contributed by atoms with Gasteiger partial charge in [-0.05, 0) is 35.9 Å². The molecule has 2 heterocycles. The largest absolute Gasteiger partial charge is 0.385 e. The summed E-state index contributed by atoms with van der Waals surface area (Å²) in [7, 11) is -1.91. The third kappa shape index (κ3) is 4.20. The lowest BCUT2D eigenvalue weighted by molar-refractivity contribution is 0.186. The molecule has 8 heteroatoms. The van der Waals surface area contributed by atoms with Gasteiger partial charge in [0.15, 0.2) is 0 Å². The van der Waals surface area contributed by atoms with Crippen molar-refractivity contribution in [3.8, 4) is 0 Å². The Labute approximate surface area is 135 Å². The number of sulfonamides is 1. The fourth-order valence-electron chi connectivity index (χ4n) is 2.40. The van der Waals surface area contributed by atoms with Gasteiger partial charge in [-0.2, -0.15) is 0 Å². The van der Waals surface area contributed by atoms with Crippen LogP contribution < -0.4 is 5.14 Å². The van der Waals surface area contributed by atoms with Crippen LogP contribution in [0.4, 0.5) is 0 Å². The van der Waals surface area contributed by atoms with Crippen molar-refractivity contribution in [2.75, 3.05) is 26.8 Å². The Kier molecular flexibility index (Phi) is 5.72. The highest BCUT2D eigenvalue weighted by Gasteiger charge is 2.31. The Bertz CT molecular complexity index is 583. The average Bonchev–Trinajstić information content (AvgIpc) is 2.81. The zero-order valence-corrected chi connectivity index (χ0v) is 15.0. The molecule has 0 fully saturated rings. The molecular weight excluding hydrogens is 328 g/mol. The van der Waals surface area contributed by atoms with Crippen molar-refractivity contribution in [2.24, 2.45) is 11.1 Å². The van der Waals surface area contributed by atoms with Crippen molar-refractivity contribution < 1.29 is 13.2 Å². The minimum Gasteiger partial charge on any atom is -0.385 e. The van der Waals surface area contributed by atoms with Crippen molar-refractivity contribution in [2.45, 2.75) is 34.6 Å². The molecule has 1 aromatic heterocycles. The molecule has 0 aromatic carbocycles. The van der Waals surface area contributed by atoms with E-state index in [0.29, 0.717) is 11.8 Å². The van der Waals surface area contributed by atoms with Gasteiger partial charge in [-0.15, -0.1) is 11.3 Å². The van der Waals surface area contributed by atoms with Gasteiger partial charge in [0.25, 0.3) is 0 Å². The molecule has 1 aliphatic rings. The molecule has 0 radical (unpaired) electrons. The van der Waals surface area contributed by atoms with Crippen molar-refractivity contribution in [3.05, 3.63) is 11.6 Å². The Hall–Kier alpha value is -0.120. The first-order valence-electron chi connectivity index (χ1n) is 6.91. The van der Waals surface area contributed by atoms with E-state index in [1.165, 1.54) is 11.3 Å². The van der Waals surface area contributed by atoms with Crippen LogP contribution in [0.3, 0.4) is 0 Å². The Morgan fingerprint density at radius 2 is 2.24 bits per heavy atom. The summed E-state index contributed by atoms with van der Waals surface area (Å²) < 4.78 is 31.9. The van der Waals surface area contributed by atoms with Crippen molar-refractivity contribution in [3.63, 3.8) is 0 Å². The van der Waals surface area contributed by atoms with E-state index in [0.717, 1.165) is 35.9 Å². The van der Waals surface area contributed by atoms with Crippen LogP contribution in [0.1, 0.15) is 31.7 Å². The molecule has 0 spiro atoms. The van der Waals surface area contributed by atoms with Gasteiger partial charge in [-0.25, -0.2) is 17.9 Å². The second-order valence-corrected chi connectivity index (χ2v) is 9.74. The zero-order valence-electron chi connectivity index (χ0n) is 12.5. The summed E-state index contributed by atoms with van der Waals surface area (Å²) in [4.78, 5) is 0. The quantitative estimate of drug-likeness (QED) is 0.630. The van der Waals surface area contributed by atoms with Gasteiger partial charge in [0, 0.05) is 32.7 Å². The Morgan fingerprint density at radius 3 is 2.81 bits per heavy atom. The molecule has 2 N–H and O–H groups in total. The van der Waals surface area contributed by atoms with E-state index < -0.39 is 10.0 Å². The van der Waals surface area contributed by atoms with Gasteiger partial charge in [0.2, 0.25) is 10.0 Å². The topological polar surface area (TPSA) is 72.6 Å². The van der Waals surface area contributed by atoms with Gasteiger partial charge < -0.3 is 4.74 Å². The standard InChI is InChI=1S/C13H22N2O3S3/c1-9(2)11-8-15(5-4-6-18-3)20-13-10(11)7-12(19-13)21(14,16)17/h7,9,11H,4-6,8H2,1-3H3,(H2,14,16,17). The molecule has 5 nitrogen and oxygen atoms in total.